The van der Waals surface area contributed by atoms with E-state index in [-0.39, 0.29) is 11.6 Å². The first-order valence-corrected chi connectivity index (χ1v) is 7.33. The molecule has 6 nitrogen and oxygen atoms in total. The van der Waals surface area contributed by atoms with Crippen LogP contribution in [0.1, 0.15) is 5.69 Å². The first-order valence-electron chi connectivity index (χ1n) is 7.33. The molecule has 0 radical (unpaired) electrons. The van der Waals surface area contributed by atoms with Crippen molar-refractivity contribution >= 4 is 17.4 Å². The molecule has 0 amide bonds. The summed E-state index contributed by atoms with van der Waals surface area (Å²) in [5, 5.41) is 7.19. The predicted molar refractivity (Wildman–Crippen MR) is 87.6 cm³/mol. The van der Waals surface area contributed by atoms with Gasteiger partial charge >= 0.3 is 0 Å². The maximum absolute atomic E-state index is 14.1. The lowest BCUT2D eigenvalue weighted by atomic mass is 10.2. The van der Waals surface area contributed by atoms with Gasteiger partial charge in [-0.3, -0.25) is 4.68 Å². The number of benzene rings is 1. The SMILES string of the molecule is Cc1c(N(C)c2ccc(F)cc2F)c(OC2=NCC=CN2)nn1C. The number of rotatable bonds is 3. The third-order valence-electron chi connectivity index (χ3n) is 3.74. The third kappa shape index (κ3) is 2.94. The van der Waals surface area contributed by atoms with Crippen molar-refractivity contribution in [2.45, 2.75) is 6.92 Å². The van der Waals surface area contributed by atoms with Gasteiger partial charge in [-0.25, -0.2) is 13.8 Å². The molecule has 8 heteroatoms. The lowest BCUT2D eigenvalue weighted by molar-refractivity contribution is 0.492. The number of hydrogen-bond acceptors (Lipinski definition) is 5. The van der Waals surface area contributed by atoms with E-state index in [1.807, 2.05) is 13.0 Å². The third-order valence-corrected chi connectivity index (χ3v) is 3.74. The summed E-state index contributed by atoms with van der Waals surface area (Å²) in [7, 11) is 3.43. The number of aryl methyl sites for hydroxylation is 1. The quantitative estimate of drug-likeness (QED) is 0.938. The Morgan fingerprint density at radius 2 is 2.12 bits per heavy atom. The standard InChI is InChI=1S/C16H17F2N5O/c1-10-14(22(2)13-6-5-11(17)9-12(13)18)15(21-23(10)3)24-16-19-7-4-8-20-16/h4-7,9H,8H2,1-3H3,(H,19,20). The van der Waals surface area contributed by atoms with Gasteiger partial charge in [0.1, 0.15) is 17.3 Å². The Morgan fingerprint density at radius 1 is 1.33 bits per heavy atom. The molecule has 2 heterocycles. The molecule has 0 fully saturated rings. The Balaban J connectivity index is 1.98. The second-order valence-electron chi connectivity index (χ2n) is 5.31. The van der Waals surface area contributed by atoms with Crippen molar-refractivity contribution in [1.82, 2.24) is 15.1 Å². The van der Waals surface area contributed by atoms with E-state index in [9.17, 15) is 8.78 Å². The molecule has 24 heavy (non-hydrogen) atoms. The minimum absolute atomic E-state index is 0.218. The van der Waals surface area contributed by atoms with Crippen LogP contribution in [0.4, 0.5) is 20.2 Å². The van der Waals surface area contributed by atoms with Gasteiger partial charge in [0.2, 0.25) is 0 Å². The highest BCUT2D eigenvalue weighted by Crippen LogP contribution is 2.36. The molecule has 2 aromatic rings. The highest BCUT2D eigenvalue weighted by atomic mass is 19.1. The van der Waals surface area contributed by atoms with Gasteiger partial charge in [-0.2, -0.15) is 0 Å². The van der Waals surface area contributed by atoms with Crippen LogP contribution in [0.15, 0.2) is 35.5 Å². The Morgan fingerprint density at radius 3 is 2.79 bits per heavy atom. The van der Waals surface area contributed by atoms with Crippen molar-refractivity contribution in [3.63, 3.8) is 0 Å². The summed E-state index contributed by atoms with van der Waals surface area (Å²) in [6, 6.07) is 3.73. The summed E-state index contributed by atoms with van der Waals surface area (Å²) in [5.41, 5.74) is 1.56. The molecule has 0 saturated carbocycles. The summed E-state index contributed by atoms with van der Waals surface area (Å²) in [6.07, 6.45) is 3.57. The second kappa shape index (κ2) is 6.31. The summed E-state index contributed by atoms with van der Waals surface area (Å²) in [4.78, 5) is 5.75. The minimum atomic E-state index is -0.664. The molecule has 0 aliphatic carbocycles. The maximum Gasteiger partial charge on any atom is 0.296 e. The van der Waals surface area contributed by atoms with Crippen molar-refractivity contribution < 1.29 is 13.5 Å². The van der Waals surface area contributed by atoms with Crippen molar-refractivity contribution in [1.29, 1.82) is 0 Å². The van der Waals surface area contributed by atoms with Crippen LogP contribution < -0.4 is 15.0 Å². The predicted octanol–water partition coefficient (Wildman–Crippen LogP) is 2.63. The van der Waals surface area contributed by atoms with Crippen molar-refractivity contribution in [2.24, 2.45) is 12.0 Å². The molecule has 0 spiro atoms. The lowest BCUT2D eigenvalue weighted by Gasteiger charge is -2.21. The minimum Gasteiger partial charge on any atom is -0.403 e. The van der Waals surface area contributed by atoms with Gasteiger partial charge in [-0.1, -0.05) is 0 Å². The fraction of sp³-hybridized carbons (Fsp3) is 0.250. The molecular weight excluding hydrogens is 316 g/mol. The molecule has 1 aliphatic rings. The fourth-order valence-corrected chi connectivity index (χ4v) is 2.41. The number of anilines is 2. The van der Waals surface area contributed by atoms with Crippen LogP contribution in [0.5, 0.6) is 5.88 Å². The van der Waals surface area contributed by atoms with Gasteiger partial charge in [-0.15, -0.1) is 5.10 Å². The average molecular weight is 333 g/mol. The Hall–Kier alpha value is -2.90. The molecule has 126 valence electrons. The van der Waals surface area contributed by atoms with Crippen LogP contribution in [0.25, 0.3) is 0 Å². The fourth-order valence-electron chi connectivity index (χ4n) is 2.41. The highest BCUT2D eigenvalue weighted by molar-refractivity contribution is 5.80. The van der Waals surface area contributed by atoms with E-state index in [0.717, 1.165) is 11.8 Å². The molecule has 1 aromatic carbocycles. The summed E-state index contributed by atoms with van der Waals surface area (Å²) in [6.45, 7) is 2.34. The van der Waals surface area contributed by atoms with Gasteiger partial charge in [0.05, 0.1) is 17.9 Å². The van der Waals surface area contributed by atoms with Gasteiger partial charge in [0.25, 0.3) is 11.9 Å². The Kier molecular flexibility index (Phi) is 4.20. The number of nitrogens with one attached hydrogen (secondary N) is 1. The van der Waals surface area contributed by atoms with Crippen LogP contribution >= 0.6 is 0 Å². The monoisotopic (exact) mass is 333 g/mol. The van der Waals surface area contributed by atoms with Gasteiger partial charge in [0, 0.05) is 26.4 Å². The topological polar surface area (TPSA) is 54.7 Å². The zero-order chi connectivity index (χ0) is 17.3. The molecule has 3 rings (SSSR count). The van der Waals surface area contributed by atoms with Gasteiger partial charge < -0.3 is 15.0 Å². The van der Waals surface area contributed by atoms with E-state index in [1.165, 1.54) is 12.1 Å². The average Bonchev–Trinajstić information content (AvgIpc) is 2.82. The van der Waals surface area contributed by atoms with Crippen LogP contribution in [0, 0.1) is 18.6 Å². The zero-order valence-electron chi connectivity index (χ0n) is 13.5. The summed E-state index contributed by atoms with van der Waals surface area (Å²) < 4.78 is 34.6. The normalized spacial score (nSPS) is 13.5. The number of ether oxygens (including phenoxy) is 1. The van der Waals surface area contributed by atoms with E-state index in [1.54, 1.807) is 29.9 Å². The smallest absolute Gasteiger partial charge is 0.296 e. The highest BCUT2D eigenvalue weighted by Gasteiger charge is 2.23. The van der Waals surface area contributed by atoms with Crippen LogP contribution in [-0.4, -0.2) is 29.4 Å². The number of amidine groups is 1. The molecular formula is C16H17F2N5O. The van der Waals surface area contributed by atoms with Gasteiger partial charge in [-0.05, 0) is 25.1 Å². The largest absolute Gasteiger partial charge is 0.403 e. The molecule has 0 atom stereocenters. The number of aliphatic imine (C=N–C) groups is 1. The number of nitrogens with zero attached hydrogens (tertiary/aromatic N) is 4. The van der Waals surface area contributed by atoms with Crippen molar-refractivity contribution in [3.8, 4) is 5.88 Å². The second-order valence-corrected chi connectivity index (χ2v) is 5.31. The van der Waals surface area contributed by atoms with Gasteiger partial charge in [0.15, 0.2) is 0 Å². The van der Waals surface area contributed by atoms with E-state index >= 15 is 0 Å². The first-order chi connectivity index (χ1) is 11.5. The molecule has 1 N–H and O–H groups in total. The van der Waals surface area contributed by atoms with E-state index < -0.39 is 11.6 Å². The zero-order valence-corrected chi connectivity index (χ0v) is 13.5. The van der Waals surface area contributed by atoms with E-state index in [4.69, 9.17) is 4.74 Å². The maximum atomic E-state index is 14.1. The first kappa shape index (κ1) is 16.0. The van der Waals surface area contributed by atoms with Crippen molar-refractivity contribution in [2.75, 3.05) is 18.5 Å². The van der Waals surface area contributed by atoms with E-state index in [2.05, 4.69) is 15.4 Å². The molecule has 0 bridgehead atoms. The Labute approximate surface area is 138 Å². The van der Waals surface area contributed by atoms with Crippen LogP contribution in [0.3, 0.4) is 0 Å². The molecule has 1 aromatic heterocycles. The summed E-state index contributed by atoms with van der Waals surface area (Å²) in [5.74, 6) is -1.01. The van der Waals surface area contributed by atoms with E-state index in [0.29, 0.717) is 18.3 Å². The summed E-state index contributed by atoms with van der Waals surface area (Å²) >= 11 is 0. The number of hydrogen-bond donors (Lipinski definition) is 1. The molecule has 0 saturated heterocycles. The number of aromatic nitrogens is 2. The van der Waals surface area contributed by atoms with Crippen LogP contribution in [0.2, 0.25) is 0 Å². The molecule has 0 unspecified atom stereocenters. The van der Waals surface area contributed by atoms with Crippen LogP contribution in [-0.2, 0) is 7.05 Å². The molecule has 1 aliphatic heterocycles. The van der Waals surface area contributed by atoms with Crippen molar-refractivity contribution in [3.05, 3.63) is 47.8 Å². The Bertz CT molecular complexity index is 828. The number of halogens is 2. The lowest BCUT2D eigenvalue weighted by Crippen LogP contribution is -2.27.